The molecular formula is C23H25N3O2. The van der Waals surface area contributed by atoms with Crippen molar-refractivity contribution in [3.05, 3.63) is 53.9 Å². The highest BCUT2D eigenvalue weighted by molar-refractivity contribution is 5.94. The Bertz CT molecular complexity index is 1030. The first-order valence-electron chi connectivity index (χ1n) is 10.3. The van der Waals surface area contributed by atoms with E-state index in [-0.39, 0.29) is 5.56 Å². The highest BCUT2D eigenvalue weighted by Crippen LogP contribution is 2.40. The number of nitrogens with one attached hydrogen (secondary N) is 1. The number of carboxylic acids is 1. The minimum atomic E-state index is -0.943. The SMILES string of the molecule is O=C(O)c1cc(C2CC2)cnc1Nc1ccc2c(ccn2CC2CCCC2)c1. The van der Waals surface area contributed by atoms with Crippen molar-refractivity contribution in [3.63, 3.8) is 0 Å². The number of benzene rings is 1. The Morgan fingerprint density at radius 3 is 2.71 bits per heavy atom. The van der Waals surface area contributed by atoms with Crippen LogP contribution in [-0.2, 0) is 6.54 Å². The Hall–Kier alpha value is -2.82. The summed E-state index contributed by atoms with van der Waals surface area (Å²) < 4.78 is 2.35. The summed E-state index contributed by atoms with van der Waals surface area (Å²) >= 11 is 0. The Labute approximate surface area is 164 Å². The second-order valence-corrected chi connectivity index (χ2v) is 8.26. The zero-order chi connectivity index (χ0) is 19.1. The van der Waals surface area contributed by atoms with E-state index in [1.807, 2.05) is 12.3 Å². The molecule has 0 radical (unpaired) electrons. The molecule has 0 spiro atoms. The molecule has 5 rings (SSSR count). The number of hydrogen-bond donors (Lipinski definition) is 2. The summed E-state index contributed by atoms with van der Waals surface area (Å²) in [5.41, 5.74) is 3.36. The lowest BCUT2D eigenvalue weighted by atomic mass is 10.1. The quantitative estimate of drug-likeness (QED) is 0.593. The molecule has 2 fully saturated rings. The predicted molar refractivity (Wildman–Crippen MR) is 110 cm³/mol. The number of anilines is 2. The van der Waals surface area contributed by atoms with Crippen molar-refractivity contribution in [1.29, 1.82) is 0 Å². The summed E-state index contributed by atoms with van der Waals surface area (Å²) in [4.78, 5) is 16.1. The molecule has 2 aromatic heterocycles. The van der Waals surface area contributed by atoms with Crippen LogP contribution in [0.3, 0.4) is 0 Å². The van der Waals surface area contributed by atoms with Gasteiger partial charge in [-0.05, 0) is 73.4 Å². The highest BCUT2D eigenvalue weighted by atomic mass is 16.4. The molecule has 144 valence electrons. The van der Waals surface area contributed by atoms with Crippen LogP contribution >= 0.6 is 0 Å². The van der Waals surface area contributed by atoms with Crippen LogP contribution in [0.1, 0.15) is 60.4 Å². The van der Waals surface area contributed by atoms with Crippen LogP contribution in [0.15, 0.2) is 42.7 Å². The van der Waals surface area contributed by atoms with Gasteiger partial charge < -0.3 is 15.0 Å². The number of carboxylic acid groups (broad SMARTS) is 1. The maximum Gasteiger partial charge on any atom is 0.339 e. The van der Waals surface area contributed by atoms with E-state index in [0.29, 0.717) is 11.7 Å². The maximum atomic E-state index is 11.7. The Morgan fingerprint density at radius 1 is 1.14 bits per heavy atom. The molecule has 5 heteroatoms. The highest BCUT2D eigenvalue weighted by Gasteiger charge is 2.26. The van der Waals surface area contributed by atoms with Crippen LogP contribution in [0.5, 0.6) is 0 Å². The third kappa shape index (κ3) is 3.37. The topological polar surface area (TPSA) is 67.2 Å². The van der Waals surface area contributed by atoms with E-state index in [1.165, 1.54) is 31.2 Å². The molecular weight excluding hydrogens is 350 g/mol. The number of hydrogen-bond acceptors (Lipinski definition) is 3. The minimum absolute atomic E-state index is 0.239. The standard InChI is InChI=1S/C23H25N3O2/c27-23(28)20-12-18(16-5-6-16)13-24-22(20)25-19-7-8-21-17(11-19)9-10-26(21)14-15-3-1-2-4-15/h7-13,15-16H,1-6,14H2,(H,24,25)(H,27,28). The number of pyridine rings is 1. The number of aromatic carboxylic acids is 1. The minimum Gasteiger partial charge on any atom is -0.478 e. The number of fused-ring (bicyclic) bond motifs is 1. The third-order valence-corrected chi connectivity index (χ3v) is 6.15. The lowest BCUT2D eigenvalue weighted by molar-refractivity contribution is 0.0697. The average molecular weight is 375 g/mol. The molecule has 28 heavy (non-hydrogen) atoms. The normalized spacial score (nSPS) is 17.3. The molecule has 2 aliphatic rings. The molecule has 5 nitrogen and oxygen atoms in total. The van der Waals surface area contributed by atoms with Gasteiger partial charge in [0, 0.05) is 35.5 Å². The largest absolute Gasteiger partial charge is 0.478 e. The van der Waals surface area contributed by atoms with E-state index in [1.54, 1.807) is 6.07 Å². The molecule has 0 atom stereocenters. The van der Waals surface area contributed by atoms with Crippen LogP contribution < -0.4 is 5.32 Å². The van der Waals surface area contributed by atoms with Gasteiger partial charge in [0.2, 0.25) is 0 Å². The zero-order valence-electron chi connectivity index (χ0n) is 15.9. The van der Waals surface area contributed by atoms with Gasteiger partial charge >= 0.3 is 5.97 Å². The molecule has 2 aliphatic carbocycles. The fraction of sp³-hybridized carbons (Fsp3) is 0.391. The van der Waals surface area contributed by atoms with Crippen molar-refractivity contribution in [2.45, 2.75) is 51.0 Å². The summed E-state index contributed by atoms with van der Waals surface area (Å²) in [5, 5.41) is 14.0. The molecule has 0 aliphatic heterocycles. The van der Waals surface area contributed by atoms with Crippen molar-refractivity contribution in [2.75, 3.05) is 5.32 Å². The number of nitrogens with zero attached hydrogens (tertiary/aromatic N) is 2. The molecule has 0 unspecified atom stereocenters. The smallest absolute Gasteiger partial charge is 0.339 e. The van der Waals surface area contributed by atoms with E-state index in [9.17, 15) is 9.90 Å². The second kappa shape index (κ2) is 6.97. The zero-order valence-corrected chi connectivity index (χ0v) is 15.9. The lowest BCUT2D eigenvalue weighted by Crippen LogP contribution is -2.06. The van der Waals surface area contributed by atoms with E-state index in [0.717, 1.165) is 41.9 Å². The third-order valence-electron chi connectivity index (χ3n) is 6.15. The first-order chi connectivity index (χ1) is 13.7. The molecule has 0 bridgehead atoms. The first-order valence-corrected chi connectivity index (χ1v) is 10.3. The fourth-order valence-electron chi connectivity index (χ4n) is 4.43. The van der Waals surface area contributed by atoms with Crippen molar-refractivity contribution in [2.24, 2.45) is 5.92 Å². The molecule has 2 heterocycles. The molecule has 0 amide bonds. The van der Waals surface area contributed by atoms with Crippen molar-refractivity contribution in [3.8, 4) is 0 Å². The Balaban J connectivity index is 1.40. The Kier molecular flexibility index (Phi) is 4.30. The fourth-order valence-corrected chi connectivity index (χ4v) is 4.43. The predicted octanol–water partition coefficient (Wildman–Crippen LogP) is 5.55. The second-order valence-electron chi connectivity index (χ2n) is 8.26. The van der Waals surface area contributed by atoms with Gasteiger partial charge in [0.1, 0.15) is 11.4 Å². The molecule has 3 aromatic rings. The van der Waals surface area contributed by atoms with Crippen LogP contribution in [0.4, 0.5) is 11.5 Å². The van der Waals surface area contributed by atoms with Crippen molar-refractivity contribution in [1.82, 2.24) is 9.55 Å². The molecule has 1 aromatic carbocycles. The van der Waals surface area contributed by atoms with Crippen LogP contribution in [0.2, 0.25) is 0 Å². The van der Waals surface area contributed by atoms with E-state index < -0.39 is 5.97 Å². The monoisotopic (exact) mass is 375 g/mol. The number of aromatic nitrogens is 2. The number of carbonyl (C=O) groups is 1. The number of rotatable bonds is 6. The van der Waals surface area contributed by atoms with Crippen molar-refractivity contribution < 1.29 is 9.90 Å². The van der Waals surface area contributed by atoms with Gasteiger partial charge in [0.25, 0.3) is 0 Å². The first kappa shape index (κ1) is 17.3. The van der Waals surface area contributed by atoms with E-state index in [2.05, 4.69) is 39.3 Å². The van der Waals surface area contributed by atoms with E-state index >= 15 is 0 Å². The average Bonchev–Trinajstić information content (AvgIpc) is 3.28. The van der Waals surface area contributed by atoms with Gasteiger partial charge in [-0.1, -0.05) is 12.8 Å². The molecule has 2 N–H and O–H groups in total. The van der Waals surface area contributed by atoms with Gasteiger partial charge in [0.15, 0.2) is 0 Å². The summed E-state index contributed by atoms with van der Waals surface area (Å²) in [5.74, 6) is 0.735. The van der Waals surface area contributed by atoms with Crippen LogP contribution in [0.25, 0.3) is 10.9 Å². The lowest BCUT2D eigenvalue weighted by Gasteiger charge is -2.13. The van der Waals surface area contributed by atoms with Gasteiger partial charge in [0.05, 0.1) is 0 Å². The summed E-state index contributed by atoms with van der Waals surface area (Å²) in [6.45, 7) is 1.09. The maximum absolute atomic E-state index is 11.7. The summed E-state index contributed by atoms with van der Waals surface area (Å²) in [6.07, 6.45) is 11.6. The Morgan fingerprint density at radius 2 is 1.96 bits per heavy atom. The van der Waals surface area contributed by atoms with Gasteiger partial charge in [-0.2, -0.15) is 0 Å². The van der Waals surface area contributed by atoms with Gasteiger partial charge in [-0.3, -0.25) is 0 Å². The van der Waals surface area contributed by atoms with Gasteiger partial charge in [-0.15, -0.1) is 0 Å². The molecule has 2 saturated carbocycles. The van der Waals surface area contributed by atoms with Gasteiger partial charge in [-0.25, -0.2) is 9.78 Å². The van der Waals surface area contributed by atoms with Crippen molar-refractivity contribution >= 4 is 28.4 Å². The summed E-state index contributed by atoms with van der Waals surface area (Å²) in [7, 11) is 0. The van der Waals surface area contributed by atoms with Crippen LogP contribution in [-0.4, -0.2) is 20.6 Å². The van der Waals surface area contributed by atoms with Crippen LogP contribution in [0, 0.1) is 5.92 Å². The summed E-state index contributed by atoms with van der Waals surface area (Å²) in [6, 6.07) is 10.1. The molecule has 0 saturated heterocycles. The van der Waals surface area contributed by atoms with E-state index in [4.69, 9.17) is 0 Å².